The van der Waals surface area contributed by atoms with Gasteiger partial charge in [0.05, 0.1) is 18.6 Å². The number of amides is 1. The van der Waals surface area contributed by atoms with Crippen LogP contribution in [0.2, 0.25) is 0 Å². The number of hydrogen-bond donors (Lipinski definition) is 3. The van der Waals surface area contributed by atoms with Gasteiger partial charge in [-0.1, -0.05) is 12.2 Å². The molecule has 9 heteroatoms. The summed E-state index contributed by atoms with van der Waals surface area (Å²) in [5.74, 6) is -0.857. The molecule has 3 atom stereocenters. The Labute approximate surface area is 197 Å². The van der Waals surface area contributed by atoms with Gasteiger partial charge in [0.2, 0.25) is 5.91 Å². The predicted molar refractivity (Wildman–Crippen MR) is 127 cm³/mol. The minimum absolute atomic E-state index is 0.0473. The molecule has 9 nitrogen and oxygen atoms in total. The van der Waals surface area contributed by atoms with Crippen molar-refractivity contribution in [3.8, 4) is 0 Å². The van der Waals surface area contributed by atoms with Crippen molar-refractivity contribution in [3.63, 3.8) is 0 Å². The molecule has 2 saturated heterocycles. The lowest BCUT2D eigenvalue weighted by Crippen LogP contribution is -2.55. The maximum absolute atomic E-state index is 13.6. The van der Waals surface area contributed by atoms with Crippen LogP contribution in [-0.4, -0.2) is 95.2 Å². The molecule has 0 unspecified atom stereocenters. The number of aliphatic carboxylic acids is 1. The van der Waals surface area contributed by atoms with E-state index in [1.54, 1.807) is 0 Å². The highest BCUT2D eigenvalue weighted by Gasteiger charge is 2.37. The topological polar surface area (TPSA) is 123 Å². The normalized spacial score (nSPS) is 25.3. The Kier molecular flexibility index (Phi) is 9.55. The van der Waals surface area contributed by atoms with E-state index >= 15 is 0 Å². The Hall–Kier alpha value is -2.13. The summed E-state index contributed by atoms with van der Waals surface area (Å²) in [5.41, 5.74) is 5.56. The van der Waals surface area contributed by atoms with E-state index in [9.17, 15) is 14.7 Å². The van der Waals surface area contributed by atoms with Crippen LogP contribution in [-0.2, 0) is 14.3 Å². The predicted octanol–water partition coefficient (Wildman–Crippen LogP) is 2.02. The highest BCUT2D eigenvalue weighted by Crippen LogP contribution is 2.26. The standard InChI is InChI=1S/C24H41N5O4/c1-27(18-7-3-2-4-8-18)21(17-22(30)31)23(32)29-13-6-5-9-19(29)12-16-33-20-10-14-28(15-11-20)24(25)26/h2-3,18-21H,4-17H2,1H3,(H3,25,26)(H,30,31)/t18-,19+,21+/m1/s1. The second-order valence-corrected chi connectivity index (χ2v) is 9.63. The lowest BCUT2D eigenvalue weighted by molar-refractivity contribution is -0.148. The molecule has 2 fully saturated rings. The fourth-order valence-electron chi connectivity index (χ4n) is 5.39. The molecule has 4 N–H and O–H groups in total. The van der Waals surface area contributed by atoms with Gasteiger partial charge in [-0.05, 0) is 64.8 Å². The van der Waals surface area contributed by atoms with Crippen molar-refractivity contribution in [2.24, 2.45) is 5.73 Å². The van der Waals surface area contributed by atoms with Gasteiger partial charge in [-0.2, -0.15) is 0 Å². The van der Waals surface area contributed by atoms with Crippen LogP contribution in [0.25, 0.3) is 0 Å². The number of nitrogens with one attached hydrogen (secondary N) is 1. The maximum atomic E-state index is 13.6. The fourth-order valence-corrected chi connectivity index (χ4v) is 5.39. The van der Waals surface area contributed by atoms with Crippen LogP contribution in [0.4, 0.5) is 0 Å². The van der Waals surface area contributed by atoms with Crippen molar-refractivity contribution in [2.45, 2.75) is 88.4 Å². The Bertz CT molecular complexity index is 707. The van der Waals surface area contributed by atoms with Crippen molar-refractivity contribution in [1.29, 1.82) is 5.41 Å². The summed E-state index contributed by atoms with van der Waals surface area (Å²) in [6.07, 6.45) is 12.5. The summed E-state index contributed by atoms with van der Waals surface area (Å²) in [4.78, 5) is 31.0. The smallest absolute Gasteiger partial charge is 0.305 e. The molecule has 0 bridgehead atoms. The average molecular weight is 464 g/mol. The fraction of sp³-hybridized carbons (Fsp3) is 0.792. The number of nitrogens with zero attached hydrogens (tertiary/aromatic N) is 3. The molecule has 3 rings (SSSR count). The number of likely N-dealkylation sites (N-methyl/N-ethyl adjacent to an activating group) is 1. The number of allylic oxidation sites excluding steroid dienone is 1. The molecular formula is C24H41N5O4. The third kappa shape index (κ3) is 7.17. The zero-order valence-corrected chi connectivity index (χ0v) is 20.0. The summed E-state index contributed by atoms with van der Waals surface area (Å²) in [6, 6.07) is -0.327. The lowest BCUT2D eigenvalue weighted by atomic mass is 9.95. The van der Waals surface area contributed by atoms with Gasteiger partial charge in [-0.25, -0.2) is 0 Å². The molecule has 33 heavy (non-hydrogen) atoms. The summed E-state index contributed by atoms with van der Waals surface area (Å²) >= 11 is 0. The quantitative estimate of drug-likeness (QED) is 0.271. The molecule has 0 aromatic carbocycles. The molecule has 0 saturated carbocycles. The molecule has 0 aromatic heterocycles. The van der Waals surface area contributed by atoms with Gasteiger partial charge in [0, 0.05) is 38.3 Å². The van der Waals surface area contributed by atoms with E-state index in [-0.39, 0.29) is 36.5 Å². The van der Waals surface area contributed by atoms with Crippen LogP contribution < -0.4 is 5.73 Å². The monoisotopic (exact) mass is 463 g/mol. The lowest BCUT2D eigenvalue weighted by Gasteiger charge is -2.42. The Morgan fingerprint density at radius 1 is 1.18 bits per heavy atom. The highest BCUT2D eigenvalue weighted by molar-refractivity contribution is 5.86. The first-order chi connectivity index (χ1) is 15.9. The van der Waals surface area contributed by atoms with Gasteiger partial charge < -0.3 is 25.4 Å². The van der Waals surface area contributed by atoms with Crippen molar-refractivity contribution in [1.82, 2.24) is 14.7 Å². The number of piperidine rings is 2. The third-order valence-electron chi connectivity index (χ3n) is 7.46. The molecule has 0 spiro atoms. The minimum atomic E-state index is -0.930. The van der Waals surface area contributed by atoms with Crippen LogP contribution in [0.5, 0.6) is 0 Å². The second-order valence-electron chi connectivity index (χ2n) is 9.63. The van der Waals surface area contributed by atoms with E-state index in [2.05, 4.69) is 12.2 Å². The van der Waals surface area contributed by atoms with Crippen LogP contribution in [0.3, 0.4) is 0 Å². The van der Waals surface area contributed by atoms with E-state index < -0.39 is 12.0 Å². The average Bonchev–Trinajstić information content (AvgIpc) is 2.83. The first-order valence-electron chi connectivity index (χ1n) is 12.5. The van der Waals surface area contributed by atoms with Gasteiger partial charge in [0.15, 0.2) is 5.96 Å². The molecule has 1 amide bonds. The first kappa shape index (κ1) is 25.5. The SMILES string of the molecule is CN([C@@H]1CC=CCC1)[C@@H](CC(=O)O)C(=O)N1CCCC[C@H]1CCOC1CCN(C(=N)N)CC1. The Balaban J connectivity index is 1.56. The molecule has 186 valence electrons. The largest absolute Gasteiger partial charge is 0.481 e. The minimum Gasteiger partial charge on any atom is -0.481 e. The van der Waals surface area contributed by atoms with Gasteiger partial charge in [-0.15, -0.1) is 0 Å². The third-order valence-corrected chi connectivity index (χ3v) is 7.46. The summed E-state index contributed by atoms with van der Waals surface area (Å²) in [5, 5.41) is 17.1. The number of carboxylic acids is 1. The number of hydrogen-bond acceptors (Lipinski definition) is 5. The zero-order valence-electron chi connectivity index (χ0n) is 20.0. The van der Waals surface area contributed by atoms with Crippen LogP contribution in [0, 0.1) is 5.41 Å². The van der Waals surface area contributed by atoms with Crippen molar-refractivity contribution >= 4 is 17.8 Å². The Morgan fingerprint density at radius 2 is 1.94 bits per heavy atom. The Morgan fingerprint density at radius 3 is 2.58 bits per heavy atom. The molecule has 0 radical (unpaired) electrons. The summed E-state index contributed by atoms with van der Waals surface area (Å²) < 4.78 is 6.12. The van der Waals surface area contributed by atoms with Crippen LogP contribution in [0.15, 0.2) is 12.2 Å². The van der Waals surface area contributed by atoms with Crippen molar-refractivity contribution in [2.75, 3.05) is 33.3 Å². The number of nitrogens with two attached hydrogens (primary N) is 1. The second kappa shape index (κ2) is 12.4. The van der Waals surface area contributed by atoms with E-state index in [0.717, 1.165) is 70.9 Å². The molecule has 2 aliphatic heterocycles. The van der Waals surface area contributed by atoms with Crippen LogP contribution in [0.1, 0.15) is 64.2 Å². The van der Waals surface area contributed by atoms with Gasteiger partial charge in [0.25, 0.3) is 0 Å². The number of carboxylic acid groups (broad SMARTS) is 1. The van der Waals surface area contributed by atoms with Crippen LogP contribution >= 0.6 is 0 Å². The number of likely N-dealkylation sites (tertiary alicyclic amines) is 2. The highest BCUT2D eigenvalue weighted by atomic mass is 16.5. The summed E-state index contributed by atoms with van der Waals surface area (Å²) in [6.45, 7) is 2.77. The van der Waals surface area contributed by atoms with Gasteiger partial charge >= 0.3 is 5.97 Å². The van der Waals surface area contributed by atoms with Gasteiger partial charge in [0.1, 0.15) is 0 Å². The molecule has 1 aliphatic carbocycles. The van der Waals surface area contributed by atoms with E-state index in [4.69, 9.17) is 15.9 Å². The molecule has 3 aliphatic rings. The number of ether oxygens (including phenoxy) is 1. The van der Waals surface area contributed by atoms with Crippen molar-refractivity contribution in [3.05, 3.63) is 12.2 Å². The zero-order chi connectivity index (χ0) is 23.8. The maximum Gasteiger partial charge on any atom is 0.305 e. The first-order valence-corrected chi connectivity index (χ1v) is 12.5. The summed E-state index contributed by atoms with van der Waals surface area (Å²) in [7, 11) is 1.91. The van der Waals surface area contributed by atoms with E-state index in [1.807, 2.05) is 21.7 Å². The molecular weight excluding hydrogens is 422 g/mol. The van der Waals surface area contributed by atoms with E-state index in [0.29, 0.717) is 13.2 Å². The number of guanidine groups is 1. The van der Waals surface area contributed by atoms with E-state index in [1.165, 1.54) is 0 Å². The number of carbonyl (C=O) groups excluding carboxylic acids is 1. The molecule has 0 aromatic rings. The number of carbonyl (C=O) groups is 2. The van der Waals surface area contributed by atoms with Crippen molar-refractivity contribution < 1.29 is 19.4 Å². The molecule has 2 heterocycles. The number of rotatable bonds is 9. The van der Waals surface area contributed by atoms with Gasteiger partial charge in [-0.3, -0.25) is 19.9 Å².